The number of halogens is 1. The SMILES string of the molecule is CCOCCNC1CCCc2sc(I)cc21. The molecule has 0 aliphatic heterocycles. The molecule has 1 heterocycles. The van der Waals surface area contributed by atoms with E-state index in [1.54, 1.807) is 4.88 Å². The summed E-state index contributed by atoms with van der Waals surface area (Å²) in [5.41, 5.74) is 1.54. The lowest BCUT2D eigenvalue weighted by molar-refractivity contribution is 0.146. The maximum atomic E-state index is 5.36. The van der Waals surface area contributed by atoms with E-state index < -0.39 is 0 Å². The van der Waals surface area contributed by atoms with Crippen molar-refractivity contribution in [2.24, 2.45) is 0 Å². The van der Waals surface area contributed by atoms with Gasteiger partial charge in [0.25, 0.3) is 0 Å². The Kier molecular flexibility index (Phi) is 5.06. The van der Waals surface area contributed by atoms with Gasteiger partial charge in [0.05, 0.1) is 9.49 Å². The van der Waals surface area contributed by atoms with Crippen molar-refractivity contribution < 1.29 is 4.74 Å². The summed E-state index contributed by atoms with van der Waals surface area (Å²) < 4.78 is 6.77. The number of rotatable bonds is 5. The molecule has 1 aromatic heterocycles. The lowest BCUT2D eigenvalue weighted by atomic mass is 9.94. The van der Waals surface area contributed by atoms with Gasteiger partial charge in [-0.15, -0.1) is 11.3 Å². The highest BCUT2D eigenvalue weighted by Gasteiger charge is 2.21. The second-order valence-electron chi connectivity index (χ2n) is 4.02. The first-order valence-corrected chi connectivity index (χ1v) is 7.80. The zero-order valence-corrected chi connectivity index (χ0v) is 12.6. The van der Waals surface area contributed by atoms with Crippen LogP contribution in [0, 0.1) is 2.88 Å². The van der Waals surface area contributed by atoms with Crippen LogP contribution in [0.1, 0.15) is 36.2 Å². The zero-order valence-electron chi connectivity index (χ0n) is 9.59. The molecule has 1 aromatic rings. The van der Waals surface area contributed by atoms with E-state index in [0.717, 1.165) is 19.8 Å². The highest BCUT2D eigenvalue weighted by Crippen LogP contribution is 2.36. The van der Waals surface area contributed by atoms with E-state index in [-0.39, 0.29) is 0 Å². The molecule has 16 heavy (non-hydrogen) atoms. The Morgan fingerprint density at radius 2 is 2.50 bits per heavy atom. The average molecular weight is 351 g/mol. The molecule has 1 aliphatic carbocycles. The van der Waals surface area contributed by atoms with Gasteiger partial charge in [0.2, 0.25) is 0 Å². The molecule has 1 atom stereocenters. The van der Waals surface area contributed by atoms with Crippen LogP contribution in [-0.4, -0.2) is 19.8 Å². The van der Waals surface area contributed by atoms with E-state index in [0.29, 0.717) is 6.04 Å². The summed E-state index contributed by atoms with van der Waals surface area (Å²) in [7, 11) is 0. The zero-order chi connectivity index (χ0) is 11.4. The minimum Gasteiger partial charge on any atom is -0.380 e. The van der Waals surface area contributed by atoms with Crippen LogP contribution in [0.3, 0.4) is 0 Å². The van der Waals surface area contributed by atoms with Gasteiger partial charge in [-0.2, -0.15) is 0 Å². The second kappa shape index (κ2) is 6.33. The Hall–Kier alpha value is 0.350. The lowest BCUT2D eigenvalue weighted by Gasteiger charge is -2.23. The smallest absolute Gasteiger partial charge is 0.0659 e. The molecule has 0 saturated heterocycles. The van der Waals surface area contributed by atoms with Gasteiger partial charge in [-0.05, 0) is 60.4 Å². The molecule has 1 unspecified atom stereocenters. The molecular weight excluding hydrogens is 333 g/mol. The van der Waals surface area contributed by atoms with Gasteiger partial charge in [0.1, 0.15) is 0 Å². The summed E-state index contributed by atoms with van der Waals surface area (Å²) in [6, 6.07) is 2.90. The standard InChI is InChI=1S/C12H18INOS/c1-2-15-7-6-14-10-4-3-5-11-9(10)8-12(13)16-11/h8,10,14H,2-7H2,1H3. The van der Waals surface area contributed by atoms with E-state index in [2.05, 4.69) is 34.0 Å². The summed E-state index contributed by atoms with van der Waals surface area (Å²) in [5, 5.41) is 3.60. The first-order valence-electron chi connectivity index (χ1n) is 5.90. The minimum atomic E-state index is 0.559. The molecule has 0 spiro atoms. The number of hydrogen-bond donors (Lipinski definition) is 1. The summed E-state index contributed by atoms with van der Waals surface area (Å²) in [5.74, 6) is 0. The summed E-state index contributed by atoms with van der Waals surface area (Å²) in [6.45, 7) is 4.64. The lowest BCUT2D eigenvalue weighted by Crippen LogP contribution is -2.27. The number of fused-ring (bicyclic) bond motifs is 1. The number of ether oxygens (including phenoxy) is 1. The van der Waals surface area contributed by atoms with E-state index in [9.17, 15) is 0 Å². The molecule has 0 saturated carbocycles. The summed E-state index contributed by atoms with van der Waals surface area (Å²) >= 11 is 4.38. The Bertz CT molecular complexity index is 340. The minimum absolute atomic E-state index is 0.559. The van der Waals surface area contributed by atoms with Gasteiger partial charge >= 0.3 is 0 Å². The molecular formula is C12H18INOS. The molecule has 90 valence electrons. The third-order valence-electron chi connectivity index (χ3n) is 2.92. The topological polar surface area (TPSA) is 21.3 Å². The van der Waals surface area contributed by atoms with Crippen LogP contribution in [0.25, 0.3) is 0 Å². The maximum absolute atomic E-state index is 5.36. The first kappa shape index (κ1) is 12.8. The van der Waals surface area contributed by atoms with Gasteiger partial charge < -0.3 is 10.1 Å². The molecule has 1 aliphatic rings. The number of aryl methyl sites for hydroxylation is 1. The van der Waals surface area contributed by atoms with Crippen LogP contribution in [0.15, 0.2) is 6.07 Å². The fourth-order valence-electron chi connectivity index (χ4n) is 2.18. The van der Waals surface area contributed by atoms with Crippen molar-refractivity contribution in [3.63, 3.8) is 0 Å². The highest BCUT2D eigenvalue weighted by molar-refractivity contribution is 14.1. The van der Waals surface area contributed by atoms with Crippen LogP contribution in [0.4, 0.5) is 0 Å². The van der Waals surface area contributed by atoms with Crippen molar-refractivity contribution in [2.75, 3.05) is 19.8 Å². The first-order chi connectivity index (χ1) is 7.81. The normalized spacial score (nSPS) is 19.8. The molecule has 0 radical (unpaired) electrons. The van der Waals surface area contributed by atoms with Crippen LogP contribution >= 0.6 is 33.9 Å². The molecule has 0 amide bonds. The molecule has 2 nitrogen and oxygen atoms in total. The maximum Gasteiger partial charge on any atom is 0.0659 e. The highest BCUT2D eigenvalue weighted by atomic mass is 127. The predicted octanol–water partition coefficient (Wildman–Crippen LogP) is 3.36. The van der Waals surface area contributed by atoms with Gasteiger partial charge in [-0.25, -0.2) is 0 Å². The van der Waals surface area contributed by atoms with Crippen LogP contribution in [0.5, 0.6) is 0 Å². The Morgan fingerprint density at radius 3 is 3.31 bits per heavy atom. The third-order valence-corrected chi connectivity index (χ3v) is 4.90. The Morgan fingerprint density at radius 1 is 1.62 bits per heavy atom. The molecule has 0 bridgehead atoms. The summed E-state index contributed by atoms with van der Waals surface area (Å²) in [4.78, 5) is 1.59. The Balaban J connectivity index is 1.91. The molecule has 0 aromatic carbocycles. The van der Waals surface area contributed by atoms with Crippen LogP contribution in [-0.2, 0) is 11.2 Å². The third kappa shape index (κ3) is 3.18. The van der Waals surface area contributed by atoms with E-state index in [1.807, 2.05) is 18.3 Å². The van der Waals surface area contributed by atoms with Crippen molar-refractivity contribution in [1.82, 2.24) is 5.32 Å². The van der Waals surface area contributed by atoms with Crippen molar-refractivity contribution in [2.45, 2.75) is 32.2 Å². The van der Waals surface area contributed by atoms with Gasteiger partial charge in [0, 0.05) is 24.1 Å². The molecule has 1 N–H and O–H groups in total. The van der Waals surface area contributed by atoms with E-state index in [1.165, 1.54) is 27.7 Å². The fourth-order valence-corrected chi connectivity index (χ4v) is 4.30. The van der Waals surface area contributed by atoms with Gasteiger partial charge in [-0.3, -0.25) is 0 Å². The molecule has 0 fully saturated rings. The van der Waals surface area contributed by atoms with Crippen molar-refractivity contribution in [1.29, 1.82) is 0 Å². The number of nitrogens with one attached hydrogen (secondary N) is 1. The van der Waals surface area contributed by atoms with Gasteiger partial charge in [-0.1, -0.05) is 0 Å². The average Bonchev–Trinajstić information content (AvgIpc) is 2.65. The van der Waals surface area contributed by atoms with E-state index in [4.69, 9.17) is 4.74 Å². The summed E-state index contributed by atoms with van der Waals surface area (Å²) in [6.07, 6.45) is 3.86. The van der Waals surface area contributed by atoms with Gasteiger partial charge in [0.15, 0.2) is 0 Å². The predicted molar refractivity (Wildman–Crippen MR) is 77.2 cm³/mol. The molecule has 4 heteroatoms. The van der Waals surface area contributed by atoms with Crippen molar-refractivity contribution >= 4 is 33.9 Å². The Labute approximate surface area is 115 Å². The van der Waals surface area contributed by atoms with Crippen LogP contribution in [0.2, 0.25) is 0 Å². The van der Waals surface area contributed by atoms with Crippen LogP contribution < -0.4 is 5.32 Å². The number of hydrogen-bond acceptors (Lipinski definition) is 3. The molecule has 2 rings (SSSR count). The quantitative estimate of drug-likeness (QED) is 0.649. The monoisotopic (exact) mass is 351 g/mol. The fraction of sp³-hybridized carbons (Fsp3) is 0.667. The largest absolute Gasteiger partial charge is 0.380 e. The van der Waals surface area contributed by atoms with Crippen molar-refractivity contribution in [3.8, 4) is 0 Å². The second-order valence-corrected chi connectivity index (χ2v) is 7.06. The van der Waals surface area contributed by atoms with E-state index >= 15 is 0 Å². The van der Waals surface area contributed by atoms with Crippen molar-refractivity contribution in [3.05, 3.63) is 19.4 Å². The number of thiophene rings is 1.